The molecule has 3 aromatic rings. The van der Waals surface area contributed by atoms with Gasteiger partial charge in [0, 0.05) is 29.9 Å². The van der Waals surface area contributed by atoms with Crippen LogP contribution in [0.15, 0.2) is 66.7 Å². The number of hydrogen-bond donors (Lipinski definition) is 1. The van der Waals surface area contributed by atoms with Crippen LogP contribution in [0, 0.1) is 10.1 Å². The van der Waals surface area contributed by atoms with Crippen LogP contribution in [-0.2, 0) is 6.54 Å². The number of nitro benzene ring substituents is 1. The minimum atomic E-state index is -0.558. The summed E-state index contributed by atoms with van der Waals surface area (Å²) < 4.78 is 10.8. The Hall–Kier alpha value is -4.07. The summed E-state index contributed by atoms with van der Waals surface area (Å²) in [4.78, 5) is 25.8. The number of amides is 1. The largest absolute Gasteiger partial charge is 0.454 e. The Morgan fingerprint density at radius 3 is 2.73 bits per heavy atom. The summed E-state index contributed by atoms with van der Waals surface area (Å²) in [6.07, 6.45) is -0.558. The first kappa shape index (κ1) is 18.0. The van der Waals surface area contributed by atoms with E-state index in [0.717, 1.165) is 5.56 Å². The summed E-state index contributed by atoms with van der Waals surface area (Å²) in [7, 11) is 0. The summed E-state index contributed by atoms with van der Waals surface area (Å²) in [5, 5.41) is 14.6. The number of nitrogens with one attached hydrogen (secondary N) is 1. The van der Waals surface area contributed by atoms with Crippen LogP contribution in [0.5, 0.6) is 11.5 Å². The van der Waals surface area contributed by atoms with E-state index in [9.17, 15) is 14.9 Å². The lowest BCUT2D eigenvalue weighted by atomic mass is 10.0. The molecule has 2 aliphatic rings. The highest BCUT2D eigenvalue weighted by Crippen LogP contribution is 2.37. The van der Waals surface area contributed by atoms with E-state index in [0.29, 0.717) is 34.9 Å². The van der Waals surface area contributed by atoms with Crippen molar-refractivity contribution < 1.29 is 19.2 Å². The average molecular weight is 403 g/mol. The number of nitro groups is 1. The van der Waals surface area contributed by atoms with Gasteiger partial charge < -0.3 is 19.7 Å². The van der Waals surface area contributed by atoms with E-state index in [1.807, 2.05) is 36.4 Å². The second-order valence-electron chi connectivity index (χ2n) is 7.07. The first-order valence-corrected chi connectivity index (χ1v) is 9.39. The molecule has 0 saturated carbocycles. The summed E-state index contributed by atoms with van der Waals surface area (Å²) in [6.45, 7) is 0.469. The van der Waals surface area contributed by atoms with Crippen LogP contribution in [-0.4, -0.2) is 22.5 Å². The quantitative estimate of drug-likeness (QED) is 0.521. The van der Waals surface area contributed by atoms with Gasteiger partial charge in [-0.05, 0) is 29.8 Å². The molecule has 0 aliphatic carbocycles. The van der Waals surface area contributed by atoms with E-state index >= 15 is 0 Å². The van der Waals surface area contributed by atoms with Gasteiger partial charge in [0.05, 0.1) is 10.5 Å². The molecule has 2 aliphatic heterocycles. The zero-order valence-corrected chi connectivity index (χ0v) is 15.8. The van der Waals surface area contributed by atoms with Gasteiger partial charge in [0.1, 0.15) is 6.17 Å². The van der Waals surface area contributed by atoms with E-state index in [4.69, 9.17) is 9.47 Å². The summed E-state index contributed by atoms with van der Waals surface area (Å²) in [5.41, 5.74) is 2.72. The maximum atomic E-state index is 13.4. The molecule has 0 spiro atoms. The third-order valence-electron chi connectivity index (χ3n) is 5.21. The van der Waals surface area contributed by atoms with Gasteiger partial charge in [0.2, 0.25) is 6.79 Å². The second kappa shape index (κ2) is 7.07. The highest BCUT2D eigenvalue weighted by Gasteiger charge is 2.33. The van der Waals surface area contributed by atoms with E-state index in [2.05, 4.69) is 5.32 Å². The lowest BCUT2D eigenvalue weighted by Gasteiger charge is -2.38. The molecule has 3 aromatic carbocycles. The number of para-hydroxylation sites is 1. The summed E-state index contributed by atoms with van der Waals surface area (Å²) in [6, 6.07) is 19.1. The van der Waals surface area contributed by atoms with Gasteiger partial charge in [0.25, 0.3) is 11.6 Å². The lowest BCUT2D eigenvalue weighted by Crippen LogP contribution is -2.42. The van der Waals surface area contributed by atoms with Crippen LogP contribution in [0.25, 0.3) is 0 Å². The fourth-order valence-corrected chi connectivity index (χ4v) is 3.76. The number of carbonyl (C=O) groups is 1. The van der Waals surface area contributed by atoms with Crippen LogP contribution in [0.3, 0.4) is 0 Å². The molecule has 2 heterocycles. The van der Waals surface area contributed by atoms with Gasteiger partial charge in [-0.25, -0.2) is 0 Å². The van der Waals surface area contributed by atoms with Gasteiger partial charge in [-0.2, -0.15) is 0 Å². The Kier molecular flexibility index (Phi) is 4.24. The Bertz CT molecular complexity index is 1160. The normalized spacial score (nSPS) is 16.7. The summed E-state index contributed by atoms with van der Waals surface area (Å²) in [5.74, 6) is 1.15. The molecule has 8 heteroatoms. The number of non-ortho nitro benzene ring substituents is 1. The van der Waals surface area contributed by atoms with Crippen LogP contribution < -0.4 is 14.8 Å². The molecule has 0 fully saturated rings. The predicted octanol–water partition coefficient (Wildman–Crippen LogP) is 4.09. The van der Waals surface area contributed by atoms with Crippen molar-refractivity contribution in [3.8, 4) is 11.5 Å². The number of fused-ring (bicyclic) bond motifs is 2. The molecule has 5 rings (SSSR count). The number of nitrogens with zero attached hydrogens (tertiary/aromatic N) is 2. The van der Waals surface area contributed by atoms with E-state index in [-0.39, 0.29) is 18.4 Å². The molecule has 1 N–H and O–H groups in total. The van der Waals surface area contributed by atoms with Crippen molar-refractivity contribution in [2.45, 2.75) is 12.7 Å². The summed E-state index contributed by atoms with van der Waals surface area (Å²) >= 11 is 0. The van der Waals surface area contributed by atoms with E-state index in [1.165, 1.54) is 12.1 Å². The third kappa shape index (κ3) is 3.08. The molecule has 0 saturated heterocycles. The van der Waals surface area contributed by atoms with Crippen LogP contribution in [0.1, 0.15) is 27.7 Å². The minimum absolute atomic E-state index is 0.0244. The maximum Gasteiger partial charge on any atom is 0.269 e. The molecule has 8 nitrogen and oxygen atoms in total. The molecule has 1 atom stereocenters. The van der Waals surface area contributed by atoms with Crippen molar-refractivity contribution in [2.75, 3.05) is 12.1 Å². The first-order valence-electron chi connectivity index (χ1n) is 9.39. The van der Waals surface area contributed by atoms with Gasteiger partial charge in [0.15, 0.2) is 11.5 Å². The van der Waals surface area contributed by atoms with Crippen molar-refractivity contribution in [3.63, 3.8) is 0 Å². The molecule has 1 amide bonds. The fourth-order valence-electron chi connectivity index (χ4n) is 3.76. The standard InChI is InChI=1S/C22H17N3O5/c26-22-17-6-1-2-7-18(17)23-21(15-4-3-5-16(11-15)25(27)28)24(22)12-14-8-9-19-20(10-14)30-13-29-19/h1-11,21,23H,12-13H2/t21-/m1/s1. The predicted molar refractivity (Wildman–Crippen MR) is 108 cm³/mol. The molecular weight excluding hydrogens is 386 g/mol. The number of carbonyl (C=O) groups excluding carboxylic acids is 1. The minimum Gasteiger partial charge on any atom is -0.454 e. The number of benzene rings is 3. The van der Waals surface area contributed by atoms with E-state index in [1.54, 1.807) is 23.1 Å². The number of rotatable bonds is 4. The Balaban J connectivity index is 1.55. The van der Waals surface area contributed by atoms with Crippen molar-refractivity contribution >= 4 is 17.3 Å². The zero-order chi connectivity index (χ0) is 20.7. The zero-order valence-electron chi connectivity index (χ0n) is 15.8. The Morgan fingerprint density at radius 2 is 1.87 bits per heavy atom. The maximum absolute atomic E-state index is 13.4. The van der Waals surface area contributed by atoms with Gasteiger partial charge >= 0.3 is 0 Å². The van der Waals surface area contributed by atoms with Gasteiger partial charge in [-0.3, -0.25) is 14.9 Å². The van der Waals surface area contributed by atoms with E-state index < -0.39 is 11.1 Å². The van der Waals surface area contributed by atoms with Crippen LogP contribution >= 0.6 is 0 Å². The number of anilines is 1. The second-order valence-corrected chi connectivity index (χ2v) is 7.07. The van der Waals surface area contributed by atoms with Gasteiger partial charge in [-0.15, -0.1) is 0 Å². The third-order valence-corrected chi connectivity index (χ3v) is 5.21. The van der Waals surface area contributed by atoms with Gasteiger partial charge in [-0.1, -0.05) is 30.3 Å². The Morgan fingerprint density at radius 1 is 1.03 bits per heavy atom. The fraction of sp³-hybridized carbons (Fsp3) is 0.136. The number of hydrogen-bond acceptors (Lipinski definition) is 6. The van der Waals surface area contributed by atoms with Crippen molar-refractivity contribution in [1.29, 1.82) is 0 Å². The first-order chi connectivity index (χ1) is 14.6. The van der Waals surface area contributed by atoms with Crippen LogP contribution in [0.2, 0.25) is 0 Å². The monoisotopic (exact) mass is 403 g/mol. The number of ether oxygens (including phenoxy) is 2. The molecular formula is C22H17N3O5. The molecule has 0 radical (unpaired) electrons. The van der Waals surface area contributed by atoms with Crippen molar-refractivity contribution in [1.82, 2.24) is 4.90 Å². The molecule has 0 unspecified atom stereocenters. The molecule has 0 bridgehead atoms. The topological polar surface area (TPSA) is 93.9 Å². The highest BCUT2D eigenvalue weighted by atomic mass is 16.7. The highest BCUT2D eigenvalue weighted by molar-refractivity contribution is 6.01. The smallest absolute Gasteiger partial charge is 0.269 e. The molecule has 150 valence electrons. The molecule has 30 heavy (non-hydrogen) atoms. The lowest BCUT2D eigenvalue weighted by molar-refractivity contribution is -0.384. The molecule has 0 aromatic heterocycles. The Labute approximate surface area is 171 Å². The average Bonchev–Trinajstić information content (AvgIpc) is 3.23. The SMILES string of the molecule is O=C1c2ccccc2N[C@@H](c2cccc([N+](=O)[O-])c2)N1Cc1ccc2c(c1)OCO2. The van der Waals surface area contributed by atoms with Crippen molar-refractivity contribution in [2.24, 2.45) is 0 Å². The van der Waals surface area contributed by atoms with Crippen LogP contribution in [0.4, 0.5) is 11.4 Å². The van der Waals surface area contributed by atoms with Crippen molar-refractivity contribution in [3.05, 3.63) is 93.5 Å².